The molecule has 5 nitrogen and oxygen atoms in total. The minimum Gasteiger partial charge on any atom is -0.444 e. The van der Waals surface area contributed by atoms with Crippen molar-refractivity contribution in [3.8, 4) is 0 Å². The van der Waals surface area contributed by atoms with Crippen molar-refractivity contribution in [2.24, 2.45) is 0 Å². The summed E-state index contributed by atoms with van der Waals surface area (Å²) >= 11 is 5.51. The summed E-state index contributed by atoms with van der Waals surface area (Å²) in [5.74, 6) is 0.313. The predicted molar refractivity (Wildman–Crippen MR) is 74.3 cm³/mol. The Morgan fingerprint density at radius 3 is 2.37 bits per heavy atom. The van der Waals surface area contributed by atoms with Gasteiger partial charge in [-0.1, -0.05) is 0 Å². The maximum atomic E-state index is 11.8. The zero-order chi connectivity index (χ0) is 14.5. The average Bonchev–Trinajstić information content (AvgIpc) is 2.27. The summed E-state index contributed by atoms with van der Waals surface area (Å²) in [6, 6.07) is 0.134. The highest BCUT2D eigenvalue weighted by Gasteiger charge is 2.27. The lowest BCUT2D eigenvalue weighted by atomic mass is 10.1. The number of halogens is 1. The Morgan fingerprint density at radius 2 is 1.89 bits per heavy atom. The Balaban J connectivity index is 2.32. The zero-order valence-electron chi connectivity index (χ0n) is 11.9. The van der Waals surface area contributed by atoms with Crippen LogP contribution in [0.3, 0.4) is 0 Å². The van der Waals surface area contributed by atoms with Crippen molar-refractivity contribution in [1.29, 1.82) is 0 Å². The van der Waals surface area contributed by atoms with E-state index in [2.05, 4.69) is 5.32 Å². The normalized spacial score (nSPS) is 17.2. The van der Waals surface area contributed by atoms with Gasteiger partial charge in [-0.05, 0) is 33.6 Å². The number of piperidine rings is 1. The van der Waals surface area contributed by atoms with Crippen LogP contribution in [0, 0.1) is 0 Å². The van der Waals surface area contributed by atoms with E-state index >= 15 is 0 Å². The van der Waals surface area contributed by atoms with Crippen LogP contribution in [-0.4, -0.2) is 47.5 Å². The van der Waals surface area contributed by atoms with E-state index in [1.165, 1.54) is 0 Å². The summed E-state index contributed by atoms with van der Waals surface area (Å²) in [7, 11) is 0. The first kappa shape index (κ1) is 16.1. The lowest BCUT2D eigenvalue weighted by Gasteiger charge is -2.33. The Bertz CT molecular complexity index is 320. The summed E-state index contributed by atoms with van der Waals surface area (Å²) in [6.07, 6.45) is 1.58. The molecule has 1 aliphatic rings. The molecule has 0 saturated carbocycles. The van der Waals surface area contributed by atoms with Gasteiger partial charge in [-0.25, -0.2) is 4.79 Å². The summed E-state index contributed by atoms with van der Waals surface area (Å²) in [5, 5.41) is 2.93. The topological polar surface area (TPSA) is 58.6 Å². The SMILES string of the molecule is CC(C)(C)OC(=O)N1CCC(NC(=O)CCCl)CC1. The minimum absolute atomic E-state index is 0.0225. The lowest BCUT2D eigenvalue weighted by molar-refractivity contribution is -0.121. The summed E-state index contributed by atoms with van der Waals surface area (Å²) in [6.45, 7) is 6.78. The number of amides is 2. The maximum absolute atomic E-state index is 11.8. The number of rotatable bonds is 3. The van der Waals surface area contributed by atoms with Gasteiger partial charge in [-0.2, -0.15) is 0 Å². The van der Waals surface area contributed by atoms with Crippen LogP contribution in [0.5, 0.6) is 0 Å². The van der Waals surface area contributed by atoms with Gasteiger partial charge in [0.05, 0.1) is 0 Å². The summed E-state index contributed by atoms with van der Waals surface area (Å²) in [5.41, 5.74) is -0.470. The molecule has 0 atom stereocenters. The molecule has 1 heterocycles. The quantitative estimate of drug-likeness (QED) is 0.810. The molecule has 6 heteroatoms. The van der Waals surface area contributed by atoms with Gasteiger partial charge in [0.2, 0.25) is 5.91 Å². The van der Waals surface area contributed by atoms with E-state index in [9.17, 15) is 9.59 Å². The molecule has 1 fully saturated rings. The molecule has 1 aliphatic heterocycles. The molecular weight excluding hydrogens is 268 g/mol. The number of alkyl halides is 1. The molecule has 2 amide bonds. The van der Waals surface area contributed by atoms with Crippen LogP contribution < -0.4 is 5.32 Å². The smallest absolute Gasteiger partial charge is 0.410 e. The van der Waals surface area contributed by atoms with Gasteiger partial charge < -0.3 is 15.0 Å². The van der Waals surface area contributed by atoms with Gasteiger partial charge >= 0.3 is 6.09 Å². The van der Waals surface area contributed by atoms with Gasteiger partial charge in [-0.15, -0.1) is 11.6 Å². The first-order valence-corrected chi connectivity index (χ1v) is 7.18. The predicted octanol–water partition coefficient (Wildman–Crippen LogP) is 2.13. The highest BCUT2D eigenvalue weighted by atomic mass is 35.5. The molecule has 0 aromatic heterocycles. The summed E-state index contributed by atoms with van der Waals surface area (Å²) < 4.78 is 5.31. The van der Waals surface area contributed by atoms with E-state index in [-0.39, 0.29) is 18.0 Å². The molecular formula is C13H23ClN2O3. The van der Waals surface area contributed by atoms with Crippen molar-refractivity contribution in [1.82, 2.24) is 10.2 Å². The zero-order valence-corrected chi connectivity index (χ0v) is 12.6. The lowest BCUT2D eigenvalue weighted by Crippen LogP contribution is -2.47. The third-order valence-corrected chi connectivity index (χ3v) is 3.02. The first-order valence-electron chi connectivity index (χ1n) is 6.65. The van der Waals surface area contributed by atoms with Crippen LogP contribution in [0.25, 0.3) is 0 Å². The number of carbonyl (C=O) groups is 2. The largest absolute Gasteiger partial charge is 0.444 e. The monoisotopic (exact) mass is 290 g/mol. The van der Waals surface area contributed by atoms with Gasteiger partial charge in [0.1, 0.15) is 5.60 Å². The van der Waals surface area contributed by atoms with Crippen molar-refractivity contribution in [3.05, 3.63) is 0 Å². The maximum Gasteiger partial charge on any atom is 0.410 e. The van der Waals surface area contributed by atoms with Crippen molar-refractivity contribution in [2.75, 3.05) is 19.0 Å². The van der Waals surface area contributed by atoms with E-state index in [4.69, 9.17) is 16.3 Å². The second-order valence-electron chi connectivity index (χ2n) is 5.75. The molecule has 1 saturated heterocycles. The van der Waals surface area contributed by atoms with E-state index in [1.54, 1.807) is 4.90 Å². The fourth-order valence-corrected chi connectivity index (χ4v) is 2.09. The van der Waals surface area contributed by atoms with Crippen LogP contribution in [0.1, 0.15) is 40.0 Å². The molecule has 0 aromatic rings. The molecule has 0 spiro atoms. The fourth-order valence-electron chi connectivity index (χ4n) is 1.92. The van der Waals surface area contributed by atoms with Gasteiger partial charge in [0.15, 0.2) is 0 Å². The highest BCUT2D eigenvalue weighted by molar-refractivity contribution is 6.18. The van der Waals surface area contributed by atoms with E-state index in [0.717, 1.165) is 12.8 Å². The Hall–Kier alpha value is -0.970. The average molecular weight is 291 g/mol. The van der Waals surface area contributed by atoms with E-state index in [0.29, 0.717) is 25.4 Å². The van der Waals surface area contributed by atoms with Crippen molar-refractivity contribution < 1.29 is 14.3 Å². The van der Waals surface area contributed by atoms with Crippen molar-refractivity contribution >= 4 is 23.6 Å². The number of likely N-dealkylation sites (tertiary alicyclic amines) is 1. The number of nitrogens with zero attached hydrogens (tertiary/aromatic N) is 1. The first-order chi connectivity index (χ1) is 8.81. The van der Waals surface area contributed by atoms with E-state index in [1.807, 2.05) is 20.8 Å². The van der Waals surface area contributed by atoms with E-state index < -0.39 is 5.60 Å². The van der Waals surface area contributed by atoms with Crippen molar-refractivity contribution in [2.45, 2.75) is 51.7 Å². The molecule has 1 rings (SSSR count). The summed E-state index contributed by atoms with van der Waals surface area (Å²) in [4.78, 5) is 24.9. The van der Waals surface area contributed by atoms with Gasteiger partial charge in [0, 0.05) is 31.4 Å². The molecule has 0 unspecified atom stereocenters. The molecule has 110 valence electrons. The van der Waals surface area contributed by atoms with Crippen LogP contribution in [0.4, 0.5) is 4.79 Å². The van der Waals surface area contributed by atoms with Gasteiger partial charge in [-0.3, -0.25) is 4.79 Å². The molecule has 0 aromatic carbocycles. The number of hydrogen-bond donors (Lipinski definition) is 1. The second kappa shape index (κ2) is 6.98. The van der Waals surface area contributed by atoms with Crippen LogP contribution in [0.15, 0.2) is 0 Å². The fraction of sp³-hybridized carbons (Fsp3) is 0.846. The van der Waals surface area contributed by atoms with Gasteiger partial charge in [0.25, 0.3) is 0 Å². The third kappa shape index (κ3) is 6.14. The molecule has 0 bridgehead atoms. The molecule has 19 heavy (non-hydrogen) atoms. The standard InChI is InChI=1S/C13H23ClN2O3/c1-13(2,3)19-12(18)16-8-5-10(6-9-16)15-11(17)4-7-14/h10H,4-9H2,1-3H3,(H,15,17). The minimum atomic E-state index is -0.470. The highest BCUT2D eigenvalue weighted by Crippen LogP contribution is 2.15. The third-order valence-electron chi connectivity index (χ3n) is 2.83. The van der Waals surface area contributed by atoms with Crippen LogP contribution in [-0.2, 0) is 9.53 Å². The van der Waals surface area contributed by atoms with Crippen LogP contribution >= 0.6 is 11.6 Å². The number of hydrogen-bond acceptors (Lipinski definition) is 3. The Morgan fingerprint density at radius 1 is 1.32 bits per heavy atom. The number of nitrogens with one attached hydrogen (secondary N) is 1. The molecule has 0 aliphatic carbocycles. The second-order valence-corrected chi connectivity index (χ2v) is 6.13. The molecule has 0 radical (unpaired) electrons. The number of ether oxygens (including phenoxy) is 1. The Kier molecular flexibility index (Phi) is 5.91. The van der Waals surface area contributed by atoms with Crippen molar-refractivity contribution in [3.63, 3.8) is 0 Å². The van der Waals surface area contributed by atoms with Crippen LogP contribution in [0.2, 0.25) is 0 Å². The molecule has 1 N–H and O–H groups in total. The Labute approximate surface area is 119 Å². The number of carbonyl (C=O) groups excluding carboxylic acids is 2.